The molecule has 3 heterocycles. The van der Waals surface area contributed by atoms with Crippen molar-refractivity contribution in [1.82, 2.24) is 25.8 Å². The number of likely N-dealkylation sites (tertiary alicyclic amines) is 1. The summed E-state index contributed by atoms with van der Waals surface area (Å²) >= 11 is 0. The maximum absolute atomic E-state index is 14.6. The predicted octanol–water partition coefficient (Wildman–Crippen LogP) is 6.17. The Bertz CT molecular complexity index is 2890. The Morgan fingerprint density at radius 1 is 0.675 bits per heavy atom. The maximum Gasteiger partial charge on any atom is 0.329 e. The van der Waals surface area contributed by atoms with Crippen molar-refractivity contribution in [1.29, 1.82) is 0 Å². The summed E-state index contributed by atoms with van der Waals surface area (Å²) in [5.41, 5.74) is 2.12. The summed E-state index contributed by atoms with van der Waals surface area (Å²) in [6, 6.07) is 18.7. The van der Waals surface area contributed by atoms with Gasteiger partial charge in [-0.15, -0.1) is 0 Å². The molecule has 3 aliphatic rings. The SMILES string of the molecule is CC[C@H](C(=O)N1CCCC[C@H]1C(=O)O[C@H](CCc1ccc(OC)c(OC)c1)c1ccccc1OCC(=O)NCCCCCCNC(=O)COc1cccc2c1C(=O)N(C1CCC(=O)NC1=O)C2=O)c1cc(OC)c(OC)c(OC)c1. The van der Waals surface area contributed by atoms with Crippen molar-refractivity contribution >= 4 is 47.3 Å². The lowest BCUT2D eigenvalue weighted by atomic mass is 9.91. The van der Waals surface area contributed by atoms with Gasteiger partial charge in [0.25, 0.3) is 23.6 Å². The molecule has 2 saturated heterocycles. The fourth-order valence-electron chi connectivity index (χ4n) is 10.3. The van der Waals surface area contributed by atoms with E-state index in [4.69, 9.17) is 37.9 Å². The molecule has 7 amide bonds. The number of fused-ring (bicyclic) bond motifs is 1. The fourth-order valence-corrected chi connectivity index (χ4v) is 10.3. The Hall–Kier alpha value is -8.36. The van der Waals surface area contributed by atoms with Crippen LogP contribution in [0.2, 0.25) is 0 Å². The number of para-hydroxylation sites is 1. The minimum atomic E-state index is -1.13. The van der Waals surface area contributed by atoms with Crippen LogP contribution < -0.4 is 49.1 Å². The molecule has 0 bridgehead atoms. The van der Waals surface area contributed by atoms with Crippen LogP contribution >= 0.6 is 0 Å². The van der Waals surface area contributed by atoms with Gasteiger partial charge in [0, 0.05) is 31.6 Å². The van der Waals surface area contributed by atoms with E-state index in [1.165, 1.54) is 39.5 Å². The summed E-state index contributed by atoms with van der Waals surface area (Å²) < 4.78 is 46.0. The van der Waals surface area contributed by atoms with Gasteiger partial charge in [-0.25, -0.2) is 4.79 Å². The number of benzene rings is 4. The number of imide groups is 2. The summed E-state index contributed by atoms with van der Waals surface area (Å²) in [5.74, 6) is -2.03. The third kappa shape index (κ3) is 14.3. The van der Waals surface area contributed by atoms with Gasteiger partial charge in [0.05, 0.1) is 52.6 Å². The number of methoxy groups -OCH3 is 5. The normalized spacial score (nSPS) is 16.6. The number of nitrogens with one attached hydrogen (secondary N) is 3. The van der Waals surface area contributed by atoms with Crippen LogP contribution in [0.5, 0.6) is 40.2 Å². The maximum atomic E-state index is 14.6. The van der Waals surface area contributed by atoms with Crippen LogP contribution in [0.1, 0.15) is 127 Å². The molecule has 4 atom stereocenters. The third-order valence-electron chi connectivity index (χ3n) is 14.4. The Morgan fingerprint density at radius 3 is 1.96 bits per heavy atom. The van der Waals surface area contributed by atoms with Crippen LogP contribution in [-0.2, 0) is 39.9 Å². The molecule has 7 rings (SSSR count). The zero-order valence-corrected chi connectivity index (χ0v) is 46.2. The molecule has 0 saturated carbocycles. The van der Waals surface area contributed by atoms with Crippen LogP contribution in [0.4, 0.5) is 0 Å². The van der Waals surface area contributed by atoms with Crippen LogP contribution in [-0.4, -0.2) is 138 Å². The number of amides is 7. The molecule has 3 aliphatic heterocycles. The van der Waals surface area contributed by atoms with E-state index in [1.807, 2.05) is 31.2 Å². The summed E-state index contributed by atoms with van der Waals surface area (Å²) in [6.07, 6.45) is 5.05. The van der Waals surface area contributed by atoms with Crippen molar-refractivity contribution < 1.29 is 76.3 Å². The molecule has 0 aromatic heterocycles. The molecule has 3 N–H and O–H groups in total. The van der Waals surface area contributed by atoms with E-state index in [-0.39, 0.29) is 48.1 Å². The molecule has 1 unspecified atom stereocenters. The average Bonchev–Trinajstić information content (AvgIpc) is 3.76. The van der Waals surface area contributed by atoms with Crippen molar-refractivity contribution in [3.05, 3.63) is 101 Å². The lowest BCUT2D eigenvalue weighted by Gasteiger charge is -2.37. The van der Waals surface area contributed by atoms with E-state index < -0.39 is 66.2 Å². The van der Waals surface area contributed by atoms with Crippen LogP contribution in [0.15, 0.2) is 72.8 Å². The van der Waals surface area contributed by atoms with Gasteiger partial charge in [0.1, 0.15) is 29.7 Å². The monoisotopic (exact) mass is 1110 g/mol. The molecular weight excluding hydrogens is 1030 g/mol. The second-order valence-electron chi connectivity index (χ2n) is 19.5. The topological polar surface area (TPSA) is 253 Å². The second-order valence-corrected chi connectivity index (χ2v) is 19.5. The first kappa shape index (κ1) is 59.3. The van der Waals surface area contributed by atoms with E-state index in [2.05, 4.69) is 16.0 Å². The second kappa shape index (κ2) is 28.5. The van der Waals surface area contributed by atoms with Gasteiger partial charge >= 0.3 is 5.97 Å². The predicted molar refractivity (Wildman–Crippen MR) is 290 cm³/mol. The molecule has 0 radical (unpaired) electrons. The number of hydrogen-bond donors (Lipinski definition) is 3. The number of piperidine rings is 2. The fraction of sp³-hybridized carbons (Fsp3) is 0.458. The smallest absolute Gasteiger partial charge is 0.329 e. The summed E-state index contributed by atoms with van der Waals surface area (Å²) in [4.78, 5) is 108. The number of carbonyl (C=O) groups excluding carboxylic acids is 8. The van der Waals surface area contributed by atoms with E-state index in [1.54, 1.807) is 49.5 Å². The van der Waals surface area contributed by atoms with Crippen LogP contribution in [0.25, 0.3) is 0 Å². The lowest BCUT2D eigenvalue weighted by Crippen LogP contribution is -2.54. The molecular formula is C59H71N5O16. The molecule has 80 heavy (non-hydrogen) atoms. The van der Waals surface area contributed by atoms with Crippen molar-refractivity contribution in [2.75, 3.05) is 68.4 Å². The summed E-state index contributed by atoms with van der Waals surface area (Å²) in [5, 5.41) is 7.84. The van der Waals surface area contributed by atoms with E-state index in [0.717, 1.165) is 36.1 Å². The highest BCUT2D eigenvalue weighted by Gasteiger charge is 2.46. The Balaban J connectivity index is 0.905. The van der Waals surface area contributed by atoms with Gasteiger partial charge in [0.15, 0.2) is 36.2 Å². The first-order valence-corrected chi connectivity index (χ1v) is 27.0. The number of unbranched alkanes of at least 4 members (excludes halogenated alkanes) is 3. The molecule has 21 nitrogen and oxygen atoms in total. The Morgan fingerprint density at radius 2 is 1.32 bits per heavy atom. The average molecular weight is 1110 g/mol. The van der Waals surface area contributed by atoms with Crippen LogP contribution in [0.3, 0.4) is 0 Å². The van der Waals surface area contributed by atoms with Gasteiger partial charge in [-0.1, -0.05) is 50.1 Å². The molecule has 2 fully saturated rings. The van der Waals surface area contributed by atoms with Gasteiger partial charge < -0.3 is 53.4 Å². The van der Waals surface area contributed by atoms with Crippen molar-refractivity contribution in [3.8, 4) is 40.2 Å². The molecule has 4 aromatic carbocycles. The number of aryl methyl sites for hydroxylation is 1. The lowest BCUT2D eigenvalue weighted by molar-refractivity contribution is -0.162. The molecule has 21 heteroatoms. The minimum absolute atomic E-state index is 0.0104. The number of ether oxygens (including phenoxy) is 8. The van der Waals surface area contributed by atoms with Crippen molar-refractivity contribution in [3.63, 3.8) is 0 Å². The van der Waals surface area contributed by atoms with Gasteiger partial charge in [0.2, 0.25) is 23.5 Å². The molecule has 0 spiro atoms. The highest BCUT2D eigenvalue weighted by atomic mass is 16.6. The zero-order valence-electron chi connectivity index (χ0n) is 46.2. The van der Waals surface area contributed by atoms with Crippen LogP contribution in [0, 0.1) is 0 Å². The van der Waals surface area contributed by atoms with Gasteiger partial charge in [-0.2, -0.15) is 0 Å². The number of rotatable bonds is 28. The van der Waals surface area contributed by atoms with E-state index in [0.29, 0.717) is 104 Å². The van der Waals surface area contributed by atoms with Gasteiger partial charge in [-0.3, -0.25) is 43.8 Å². The minimum Gasteiger partial charge on any atom is -0.493 e. The molecule has 4 aromatic rings. The molecule has 428 valence electrons. The third-order valence-corrected chi connectivity index (χ3v) is 14.4. The Kier molecular flexibility index (Phi) is 21.1. The summed E-state index contributed by atoms with van der Waals surface area (Å²) in [7, 11) is 7.66. The molecule has 0 aliphatic carbocycles. The number of esters is 1. The largest absolute Gasteiger partial charge is 0.493 e. The Labute approximate surface area is 465 Å². The zero-order chi connectivity index (χ0) is 57.3. The first-order valence-electron chi connectivity index (χ1n) is 27.0. The number of hydrogen-bond acceptors (Lipinski definition) is 16. The van der Waals surface area contributed by atoms with E-state index >= 15 is 0 Å². The number of carbonyl (C=O) groups is 8. The van der Waals surface area contributed by atoms with Crippen molar-refractivity contribution in [2.24, 2.45) is 0 Å². The highest BCUT2D eigenvalue weighted by molar-refractivity contribution is 6.24. The van der Waals surface area contributed by atoms with Crippen molar-refractivity contribution in [2.45, 2.75) is 108 Å². The quantitative estimate of drug-likeness (QED) is 0.0326. The standard InChI is InChI=1S/C59H71N5O16/c1-7-38(37-32-48(75-4)54(77-6)49(33-37)76-5)56(69)63-30-15-12-19-42(63)59(72)80-44(25-22-36-23-26-45(73-2)47(31-36)74-3)39-17-10-11-20-43(39)78-34-51(66)60-28-13-8-9-14-29-61-52(67)35-79-46-21-16-18-40-53(46)58(71)64(57(40)70)41-24-27-50(65)62-55(41)68/h10-11,16-18,20-21,23,26,31-33,38,41-42,44H,7-9,12-15,19,22,24-25,27-30,34-35H2,1-6H3,(H,60,66)(H,61,67)(H,62,65,68)/t38-,41?,42-,44+/m0/s1. The number of nitrogens with zero attached hydrogens (tertiary/aromatic N) is 2. The summed E-state index contributed by atoms with van der Waals surface area (Å²) in [6.45, 7) is 2.30. The van der Waals surface area contributed by atoms with E-state index in [9.17, 15) is 38.4 Å². The first-order chi connectivity index (χ1) is 38.7. The van der Waals surface area contributed by atoms with Gasteiger partial charge in [-0.05, 0) is 111 Å². The highest BCUT2D eigenvalue weighted by Crippen LogP contribution is 2.42.